The maximum atomic E-state index is 12.8. The zero-order valence-electron chi connectivity index (χ0n) is 8.84. The Balaban J connectivity index is 3.08. The van der Waals surface area contributed by atoms with Gasteiger partial charge in [0.25, 0.3) is 6.43 Å². The molecule has 0 saturated heterocycles. The molecule has 94 valence electrons. The molecule has 0 bridgehead atoms. The Labute approximate surface area is 110 Å². The van der Waals surface area contributed by atoms with Crippen molar-refractivity contribution in [2.24, 2.45) is 0 Å². The van der Waals surface area contributed by atoms with Gasteiger partial charge in [-0.1, -0.05) is 11.6 Å². The third kappa shape index (κ3) is 3.89. The molecule has 1 aromatic rings. The van der Waals surface area contributed by atoms with Crippen LogP contribution in [0.2, 0.25) is 5.15 Å². The molecule has 17 heavy (non-hydrogen) atoms. The summed E-state index contributed by atoms with van der Waals surface area (Å²) in [5.74, 6) is -0.580. The van der Waals surface area contributed by atoms with E-state index >= 15 is 0 Å². The number of nitrogens with zero attached hydrogens (tertiary/aromatic N) is 1. The van der Waals surface area contributed by atoms with Crippen LogP contribution in [0.3, 0.4) is 0 Å². The van der Waals surface area contributed by atoms with E-state index in [9.17, 15) is 13.6 Å². The van der Waals surface area contributed by atoms with Gasteiger partial charge in [0.05, 0.1) is 18.6 Å². The first-order valence-electron chi connectivity index (χ1n) is 4.74. The molecule has 0 aromatic carbocycles. The van der Waals surface area contributed by atoms with Crippen LogP contribution in [0.15, 0.2) is 10.7 Å². The van der Waals surface area contributed by atoms with Crippen LogP contribution in [0.1, 0.15) is 24.5 Å². The second kappa shape index (κ2) is 6.26. The van der Waals surface area contributed by atoms with Gasteiger partial charge in [0.2, 0.25) is 0 Å². The topological polar surface area (TPSA) is 39.2 Å². The first kappa shape index (κ1) is 14.3. The second-order valence-corrected chi connectivity index (χ2v) is 4.26. The molecule has 0 N–H and O–H groups in total. The number of hydrogen-bond acceptors (Lipinski definition) is 3. The van der Waals surface area contributed by atoms with Gasteiger partial charge in [-0.3, -0.25) is 4.79 Å². The predicted molar refractivity (Wildman–Crippen MR) is 62.2 cm³/mol. The number of rotatable bonds is 4. The number of hydrogen-bond donors (Lipinski definition) is 0. The van der Waals surface area contributed by atoms with Crippen molar-refractivity contribution >= 4 is 33.5 Å². The average Bonchev–Trinajstić information content (AvgIpc) is 2.15. The van der Waals surface area contributed by atoms with Gasteiger partial charge in [-0.05, 0) is 34.5 Å². The van der Waals surface area contributed by atoms with Crippen LogP contribution in [0.25, 0.3) is 0 Å². The third-order valence-electron chi connectivity index (χ3n) is 1.92. The van der Waals surface area contributed by atoms with Crippen LogP contribution < -0.4 is 0 Å². The van der Waals surface area contributed by atoms with Crippen LogP contribution in [0, 0.1) is 0 Å². The van der Waals surface area contributed by atoms with Gasteiger partial charge in [-0.25, -0.2) is 13.8 Å². The van der Waals surface area contributed by atoms with Crippen LogP contribution in [-0.2, 0) is 16.0 Å². The molecule has 3 nitrogen and oxygen atoms in total. The van der Waals surface area contributed by atoms with E-state index in [0.29, 0.717) is 4.60 Å². The molecule has 1 rings (SSSR count). The normalized spacial score (nSPS) is 10.7. The molecular formula is C10H9BrClF2NO2. The van der Waals surface area contributed by atoms with Crippen LogP contribution >= 0.6 is 27.5 Å². The Morgan fingerprint density at radius 2 is 2.29 bits per heavy atom. The Hall–Kier alpha value is -0.750. The maximum Gasteiger partial charge on any atom is 0.310 e. The molecule has 1 aromatic heterocycles. The van der Waals surface area contributed by atoms with Crippen LogP contribution in [-0.4, -0.2) is 17.6 Å². The minimum absolute atomic E-state index is 0.116. The average molecular weight is 329 g/mol. The molecule has 1 heterocycles. The lowest BCUT2D eigenvalue weighted by atomic mass is 10.1. The standard InChI is InChI=1S/C10H9BrClF2NO2/c1-2-17-7(16)4-5-3-6(11)15-9(12)8(5)10(13)14/h3,10H,2,4H2,1H3. The Kier molecular flexibility index (Phi) is 5.27. The number of esters is 1. The molecular weight excluding hydrogens is 319 g/mol. The minimum Gasteiger partial charge on any atom is -0.466 e. The Morgan fingerprint density at radius 1 is 1.65 bits per heavy atom. The van der Waals surface area contributed by atoms with Crippen molar-refractivity contribution in [2.75, 3.05) is 6.61 Å². The summed E-state index contributed by atoms with van der Waals surface area (Å²) in [4.78, 5) is 14.9. The molecule has 7 heteroatoms. The number of carbonyl (C=O) groups excluding carboxylic acids is 1. The van der Waals surface area contributed by atoms with E-state index in [4.69, 9.17) is 16.3 Å². The number of aromatic nitrogens is 1. The van der Waals surface area contributed by atoms with E-state index in [1.807, 2.05) is 0 Å². The summed E-state index contributed by atoms with van der Waals surface area (Å²) >= 11 is 8.65. The highest BCUT2D eigenvalue weighted by Gasteiger charge is 2.21. The van der Waals surface area contributed by atoms with Gasteiger partial charge in [0.1, 0.15) is 9.76 Å². The van der Waals surface area contributed by atoms with Gasteiger partial charge >= 0.3 is 5.97 Å². The van der Waals surface area contributed by atoms with Crippen molar-refractivity contribution in [3.05, 3.63) is 26.9 Å². The van der Waals surface area contributed by atoms with Crippen molar-refractivity contribution in [2.45, 2.75) is 19.8 Å². The highest BCUT2D eigenvalue weighted by atomic mass is 79.9. The van der Waals surface area contributed by atoms with E-state index in [2.05, 4.69) is 20.9 Å². The summed E-state index contributed by atoms with van der Waals surface area (Å²) in [5.41, 5.74) is -0.312. The fraction of sp³-hybridized carbons (Fsp3) is 0.400. The molecule has 0 atom stereocenters. The molecule has 0 aliphatic carbocycles. The number of ether oxygens (including phenoxy) is 1. The van der Waals surface area contributed by atoms with E-state index in [0.717, 1.165) is 0 Å². The lowest BCUT2D eigenvalue weighted by molar-refractivity contribution is -0.142. The van der Waals surface area contributed by atoms with Crippen molar-refractivity contribution in [1.29, 1.82) is 0 Å². The van der Waals surface area contributed by atoms with Gasteiger partial charge in [0.15, 0.2) is 0 Å². The molecule has 0 aliphatic rings. The van der Waals surface area contributed by atoms with Crippen molar-refractivity contribution in [1.82, 2.24) is 4.98 Å². The summed E-state index contributed by atoms with van der Waals surface area (Å²) < 4.78 is 30.5. The smallest absolute Gasteiger partial charge is 0.310 e. The predicted octanol–water partition coefficient (Wildman–Crippen LogP) is 3.54. The lowest BCUT2D eigenvalue weighted by Gasteiger charge is -2.10. The van der Waals surface area contributed by atoms with Gasteiger partial charge in [-0.15, -0.1) is 0 Å². The molecule has 0 saturated carbocycles. The first-order chi connectivity index (χ1) is 7.95. The van der Waals surface area contributed by atoms with Crippen LogP contribution in [0.4, 0.5) is 8.78 Å². The van der Waals surface area contributed by atoms with Crippen molar-refractivity contribution in [3.8, 4) is 0 Å². The molecule has 0 aliphatic heterocycles. The van der Waals surface area contributed by atoms with E-state index in [1.54, 1.807) is 6.92 Å². The number of alkyl halides is 2. The Morgan fingerprint density at radius 3 is 2.82 bits per heavy atom. The summed E-state index contributed by atoms with van der Waals surface area (Å²) in [6.45, 7) is 1.84. The second-order valence-electron chi connectivity index (χ2n) is 3.09. The molecule has 0 amide bonds. The molecule has 0 fully saturated rings. The lowest BCUT2D eigenvalue weighted by Crippen LogP contribution is -2.10. The SMILES string of the molecule is CCOC(=O)Cc1cc(Br)nc(Cl)c1C(F)F. The van der Waals surface area contributed by atoms with Gasteiger partial charge < -0.3 is 4.74 Å². The molecule has 0 unspecified atom stereocenters. The third-order valence-corrected chi connectivity index (χ3v) is 2.62. The molecule has 0 radical (unpaired) electrons. The fourth-order valence-electron chi connectivity index (χ4n) is 1.28. The maximum absolute atomic E-state index is 12.8. The van der Waals surface area contributed by atoms with Crippen LogP contribution in [0.5, 0.6) is 0 Å². The summed E-state index contributed by atoms with van der Waals surface area (Å²) in [5, 5.41) is -0.311. The minimum atomic E-state index is -2.78. The highest BCUT2D eigenvalue weighted by Crippen LogP contribution is 2.31. The largest absolute Gasteiger partial charge is 0.466 e. The van der Waals surface area contributed by atoms with Crippen molar-refractivity contribution in [3.63, 3.8) is 0 Å². The van der Waals surface area contributed by atoms with E-state index in [1.165, 1.54) is 6.07 Å². The Bertz CT molecular complexity index is 429. The zero-order valence-corrected chi connectivity index (χ0v) is 11.2. The number of halogens is 4. The number of carbonyl (C=O) groups is 1. The van der Waals surface area contributed by atoms with E-state index in [-0.39, 0.29) is 23.7 Å². The van der Waals surface area contributed by atoms with Gasteiger partial charge in [0, 0.05) is 0 Å². The van der Waals surface area contributed by atoms with E-state index < -0.39 is 18.0 Å². The fourth-order valence-corrected chi connectivity index (χ4v) is 2.13. The van der Waals surface area contributed by atoms with Crippen molar-refractivity contribution < 1.29 is 18.3 Å². The first-order valence-corrected chi connectivity index (χ1v) is 5.91. The quantitative estimate of drug-likeness (QED) is 0.627. The monoisotopic (exact) mass is 327 g/mol. The summed E-state index contributed by atoms with van der Waals surface area (Å²) in [7, 11) is 0. The highest BCUT2D eigenvalue weighted by molar-refractivity contribution is 9.10. The number of pyridine rings is 1. The molecule has 0 spiro atoms. The zero-order chi connectivity index (χ0) is 13.0. The summed E-state index contributed by atoms with van der Waals surface area (Å²) in [6, 6.07) is 1.34. The summed E-state index contributed by atoms with van der Waals surface area (Å²) in [6.07, 6.45) is -3.04. The van der Waals surface area contributed by atoms with Gasteiger partial charge in [-0.2, -0.15) is 0 Å².